The van der Waals surface area contributed by atoms with Crippen molar-refractivity contribution in [2.45, 2.75) is 6.42 Å². The van der Waals surface area contributed by atoms with E-state index in [4.69, 9.17) is 27.9 Å². The maximum atomic E-state index is 14.7. The number of nitrogens with zero attached hydrogens (tertiary/aromatic N) is 2. The number of nitrogens with two attached hydrogens (primary N) is 2. The molecule has 33 heavy (non-hydrogen) atoms. The number of benzene rings is 2. The molecule has 1 fully saturated rings. The van der Waals surface area contributed by atoms with Crippen LogP contribution in [-0.2, 0) is 4.84 Å². The number of carbonyl (C=O) groups excluding carboxylic acids is 1. The van der Waals surface area contributed by atoms with Crippen molar-refractivity contribution in [3.8, 4) is 5.69 Å². The molecule has 0 saturated carbocycles. The second-order valence-electron chi connectivity index (χ2n) is 7.61. The van der Waals surface area contributed by atoms with E-state index in [2.05, 4.69) is 0 Å². The molecule has 4 rings (SSSR count). The molecular weight excluding hydrogens is 468 g/mol. The predicted molar refractivity (Wildman–Crippen MR) is 113 cm³/mol. The predicted octanol–water partition coefficient (Wildman–Crippen LogP) is 3.14. The highest BCUT2D eigenvalue weighted by atomic mass is 35.5. The van der Waals surface area contributed by atoms with E-state index in [9.17, 15) is 27.2 Å². The molecule has 1 saturated heterocycles. The molecule has 0 spiro atoms. The second kappa shape index (κ2) is 8.65. The van der Waals surface area contributed by atoms with Gasteiger partial charge in [-0.2, -0.15) is 0 Å². The lowest BCUT2D eigenvalue weighted by molar-refractivity contribution is -0.0951. The Kier molecular flexibility index (Phi) is 6.04. The molecular formula is C21H17ClF4N4O3. The Bertz CT molecular complexity index is 1350. The zero-order valence-corrected chi connectivity index (χ0v) is 17.6. The number of anilines is 1. The number of rotatable bonds is 4. The number of pyridine rings is 1. The summed E-state index contributed by atoms with van der Waals surface area (Å²) < 4.78 is 57.5. The summed E-state index contributed by atoms with van der Waals surface area (Å²) in [7, 11) is 0. The Labute approximate surface area is 189 Å². The van der Waals surface area contributed by atoms with Gasteiger partial charge in [0.2, 0.25) is 5.43 Å². The molecule has 1 aromatic heterocycles. The van der Waals surface area contributed by atoms with Gasteiger partial charge >= 0.3 is 5.97 Å². The summed E-state index contributed by atoms with van der Waals surface area (Å²) >= 11 is 5.94. The van der Waals surface area contributed by atoms with Crippen LogP contribution in [0.15, 0.2) is 29.2 Å². The molecule has 174 valence electrons. The number of halogens is 5. The molecule has 0 radical (unpaired) electrons. The van der Waals surface area contributed by atoms with E-state index in [0.717, 1.165) is 16.8 Å². The molecule has 7 nitrogen and oxygen atoms in total. The molecule has 1 unspecified atom stereocenters. The number of aromatic nitrogens is 1. The van der Waals surface area contributed by atoms with Gasteiger partial charge in [-0.15, -0.1) is 5.06 Å². The number of carbonyl (C=O) groups is 1. The fraction of sp³-hybridized carbons (Fsp3) is 0.238. The van der Waals surface area contributed by atoms with Crippen molar-refractivity contribution in [3.63, 3.8) is 0 Å². The minimum Gasteiger partial charge on any atom is -0.396 e. The summed E-state index contributed by atoms with van der Waals surface area (Å²) in [5.74, 6) is -6.17. The minimum atomic E-state index is -1.49. The van der Waals surface area contributed by atoms with E-state index in [0.29, 0.717) is 38.2 Å². The fourth-order valence-electron chi connectivity index (χ4n) is 3.70. The van der Waals surface area contributed by atoms with Crippen molar-refractivity contribution in [1.82, 2.24) is 9.63 Å². The number of fused-ring (bicyclic) bond motifs is 1. The summed E-state index contributed by atoms with van der Waals surface area (Å²) in [6.45, 7) is 1.11. The van der Waals surface area contributed by atoms with Crippen molar-refractivity contribution in [2.75, 3.05) is 25.4 Å². The van der Waals surface area contributed by atoms with Crippen LogP contribution in [-0.4, -0.2) is 35.2 Å². The topological polar surface area (TPSA) is 104 Å². The number of hydrogen-bond donors (Lipinski definition) is 2. The molecule has 1 aliphatic rings. The SMILES string of the molecule is NCC1CCN(OC(=O)c2cn(-c3cc(N)c(F)cc3F)c3c(Cl)c(F)c(F)cc3c2=O)C1. The van der Waals surface area contributed by atoms with Gasteiger partial charge in [0.05, 0.1) is 22.3 Å². The van der Waals surface area contributed by atoms with E-state index in [1.165, 1.54) is 5.06 Å². The summed E-state index contributed by atoms with van der Waals surface area (Å²) in [4.78, 5) is 31.0. The Morgan fingerprint density at radius 2 is 1.88 bits per heavy atom. The first-order chi connectivity index (χ1) is 15.6. The third kappa shape index (κ3) is 4.03. The number of hydroxylamine groups is 2. The number of hydrogen-bond acceptors (Lipinski definition) is 6. The van der Waals surface area contributed by atoms with E-state index in [1.807, 2.05) is 0 Å². The van der Waals surface area contributed by atoms with Crippen LogP contribution >= 0.6 is 11.6 Å². The summed E-state index contributed by atoms with van der Waals surface area (Å²) in [5.41, 5.74) is 8.16. The lowest BCUT2D eigenvalue weighted by Crippen LogP contribution is -2.30. The van der Waals surface area contributed by atoms with Gasteiger partial charge in [-0.25, -0.2) is 22.4 Å². The van der Waals surface area contributed by atoms with Crippen molar-refractivity contribution >= 4 is 34.2 Å². The quantitative estimate of drug-likeness (QED) is 0.335. The van der Waals surface area contributed by atoms with Gasteiger partial charge in [0.1, 0.15) is 22.2 Å². The van der Waals surface area contributed by atoms with Crippen molar-refractivity contribution in [3.05, 3.63) is 68.5 Å². The molecule has 2 heterocycles. The van der Waals surface area contributed by atoms with Gasteiger partial charge in [-0.3, -0.25) is 4.79 Å². The van der Waals surface area contributed by atoms with Crippen LogP contribution in [0.4, 0.5) is 23.2 Å². The number of nitrogen functional groups attached to an aromatic ring is 1. The minimum absolute atomic E-state index is 0.0956. The van der Waals surface area contributed by atoms with E-state index >= 15 is 0 Å². The van der Waals surface area contributed by atoms with Crippen LogP contribution < -0.4 is 16.9 Å². The monoisotopic (exact) mass is 484 g/mol. The van der Waals surface area contributed by atoms with Gasteiger partial charge in [0, 0.05) is 25.4 Å². The van der Waals surface area contributed by atoms with E-state index in [-0.39, 0.29) is 5.92 Å². The van der Waals surface area contributed by atoms with Crippen LogP contribution in [0.3, 0.4) is 0 Å². The lowest BCUT2D eigenvalue weighted by atomic mass is 10.1. The summed E-state index contributed by atoms with van der Waals surface area (Å²) in [6, 6.07) is 1.88. The zero-order valence-electron chi connectivity index (χ0n) is 16.9. The third-order valence-corrected chi connectivity index (χ3v) is 5.81. The van der Waals surface area contributed by atoms with Gasteiger partial charge in [0.25, 0.3) is 0 Å². The van der Waals surface area contributed by atoms with Crippen LogP contribution in [0.5, 0.6) is 0 Å². The van der Waals surface area contributed by atoms with Crippen molar-refractivity contribution in [1.29, 1.82) is 0 Å². The molecule has 0 amide bonds. The average molecular weight is 485 g/mol. The lowest BCUT2D eigenvalue weighted by Gasteiger charge is -2.18. The molecule has 0 bridgehead atoms. The van der Waals surface area contributed by atoms with Gasteiger partial charge in [-0.05, 0) is 31.0 Å². The summed E-state index contributed by atoms with van der Waals surface area (Å²) in [5, 5.41) is -0.0331. The fourth-order valence-corrected chi connectivity index (χ4v) is 3.99. The van der Waals surface area contributed by atoms with Crippen molar-refractivity contribution < 1.29 is 27.2 Å². The standard InChI is InChI=1S/C21H17ClF4N4O3/c22-17-18(26)14(25)3-10-19(17)30(16-5-15(28)12(23)4-13(16)24)8-11(20(10)31)21(32)33-29-2-1-9(6-27)7-29/h3-5,8-9H,1-2,6-7,27-28H2. The Morgan fingerprint density at radius 3 is 2.55 bits per heavy atom. The first-order valence-corrected chi connectivity index (χ1v) is 10.1. The highest BCUT2D eigenvalue weighted by Gasteiger charge is 2.28. The molecule has 12 heteroatoms. The van der Waals surface area contributed by atoms with Gasteiger partial charge < -0.3 is 20.9 Å². The van der Waals surface area contributed by atoms with Gasteiger partial charge in [-0.1, -0.05) is 11.6 Å². The Balaban J connectivity index is 1.94. The highest BCUT2D eigenvalue weighted by Crippen LogP contribution is 2.31. The van der Waals surface area contributed by atoms with Crippen LogP contribution in [0.2, 0.25) is 5.02 Å². The second-order valence-corrected chi connectivity index (χ2v) is 7.98. The summed E-state index contributed by atoms with van der Waals surface area (Å²) in [6.07, 6.45) is 1.54. The largest absolute Gasteiger partial charge is 0.396 e. The van der Waals surface area contributed by atoms with Gasteiger partial charge in [0.15, 0.2) is 11.6 Å². The van der Waals surface area contributed by atoms with E-state index in [1.54, 1.807) is 0 Å². The first kappa shape index (κ1) is 23.0. The normalized spacial score (nSPS) is 16.5. The average Bonchev–Trinajstić information content (AvgIpc) is 3.23. The van der Waals surface area contributed by atoms with Crippen molar-refractivity contribution in [2.24, 2.45) is 11.7 Å². The molecule has 2 aromatic carbocycles. The Morgan fingerprint density at radius 1 is 1.15 bits per heavy atom. The smallest absolute Gasteiger partial charge is 0.362 e. The van der Waals surface area contributed by atoms with Crippen LogP contribution in [0.1, 0.15) is 16.8 Å². The molecule has 1 atom stereocenters. The molecule has 1 aliphatic heterocycles. The highest BCUT2D eigenvalue weighted by molar-refractivity contribution is 6.35. The Hall–Kier alpha value is -3.15. The third-order valence-electron chi connectivity index (χ3n) is 5.46. The van der Waals surface area contributed by atoms with Crippen LogP contribution in [0, 0.1) is 29.2 Å². The van der Waals surface area contributed by atoms with Crippen LogP contribution in [0.25, 0.3) is 16.6 Å². The first-order valence-electron chi connectivity index (χ1n) is 9.77. The zero-order chi connectivity index (χ0) is 24.0. The maximum Gasteiger partial charge on any atom is 0.362 e. The van der Waals surface area contributed by atoms with E-state index < -0.39 is 67.5 Å². The molecule has 4 N–H and O–H groups in total. The molecule has 3 aromatic rings. The maximum absolute atomic E-state index is 14.7. The molecule has 0 aliphatic carbocycles.